The van der Waals surface area contributed by atoms with Gasteiger partial charge in [-0.15, -0.1) is 6.42 Å². The van der Waals surface area contributed by atoms with Gasteiger partial charge in [-0.1, -0.05) is 12.0 Å². The van der Waals surface area contributed by atoms with E-state index < -0.39 is 0 Å². The summed E-state index contributed by atoms with van der Waals surface area (Å²) in [6.45, 7) is 2.78. The van der Waals surface area contributed by atoms with Crippen LogP contribution in [0.1, 0.15) is 6.92 Å². The maximum atomic E-state index is 5.21. The largest absolute Gasteiger partial charge is 0.201 e. The third kappa shape index (κ3) is 2.59. The standard InChI is InChI=1S/C11H12N/c1-3-11(2)7-10-12-8-5-4-6-9-12/h1,4-9H,10H2,2H3/q+1/b11-7-. The molecule has 0 saturated heterocycles. The lowest BCUT2D eigenvalue weighted by molar-refractivity contribution is -0.687. The second-order valence-corrected chi connectivity index (χ2v) is 2.60. The molecule has 1 aromatic rings. The summed E-state index contributed by atoms with van der Waals surface area (Å²) in [6, 6.07) is 5.99. The van der Waals surface area contributed by atoms with Crippen molar-refractivity contribution in [2.45, 2.75) is 13.5 Å². The average Bonchev–Trinajstić information content (AvgIpc) is 2.16. The van der Waals surface area contributed by atoms with Crippen LogP contribution in [-0.2, 0) is 6.54 Å². The Kier molecular flexibility index (Phi) is 3.10. The van der Waals surface area contributed by atoms with E-state index in [0.29, 0.717) is 0 Å². The minimum atomic E-state index is 0.844. The fourth-order valence-electron chi connectivity index (χ4n) is 0.857. The predicted molar refractivity (Wildman–Crippen MR) is 49.2 cm³/mol. The fourth-order valence-corrected chi connectivity index (χ4v) is 0.857. The highest BCUT2D eigenvalue weighted by molar-refractivity contribution is 5.21. The van der Waals surface area contributed by atoms with Gasteiger partial charge in [0.15, 0.2) is 18.9 Å². The Morgan fingerprint density at radius 2 is 2.08 bits per heavy atom. The molecule has 0 aliphatic rings. The second kappa shape index (κ2) is 4.35. The topological polar surface area (TPSA) is 3.88 Å². The monoisotopic (exact) mass is 158 g/mol. The normalized spacial score (nSPS) is 10.8. The Morgan fingerprint density at radius 1 is 1.42 bits per heavy atom. The molecule has 12 heavy (non-hydrogen) atoms. The molecule has 0 spiro atoms. The summed E-state index contributed by atoms with van der Waals surface area (Å²) in [5.74, 6) is 2.58. The molecule has 0 unspecified atom stereocenters. The summed E-state index contributed by atoms with van der Waals surface area (Å²) in [5.41, 5.74) is 0.978. The highest BCUT2D eigenvalue weighted by Crippen LogP contribution is 1.87. The van der Waals surface area contributed by atoms with E-state index >= 15 is 0 Å². The molecule has 0 aromatic carbocycles. The van der Waals surface area contributed by atoms with Crippen LogP contribution in [0.4, 0.5) is 0 Å². The number of pyridine rings is 1. The minimum absolute atomic E-state index is 0.844. The molecule has 0 bridgehead atoms. The summed E-state index contributed by atoms with van der Waals surface area (Å²) in [7, 11) is 0. The molecule has 60 valence electrons. The third-order valence-electron chi connectivity index (χ3n) is 1.61. The highest BCUT2D eigenvalue weighted by Gasteiger charge is 1.92. The van der Waals surface area contributed by atoms with Gasteiger partial charge in [0.1, 0.15) is 0 Å². The quantitative estimate of drug-likeness (QED) is 0.454. The molecular formula is C11H12N+. The van der Waals surface area contributed by atoms with Gasteiger partial charge in [0.25, 0.3) is 0 Å². The van der Waals surface area contributed by atoms with Gasteiger partial charge in [-0.3, -0.25) is 0 Å². The zero-order valence-electron chi connectivity index (χ0n) is 7.20. The van der Waals surface area contributed by atoms with Crippen LogP contribution < -0.4 is 4.57 Å². The van der Waals surface area contributed by atoms with Crippen LogP contribution in [0.2, 0.25) is 0 Å². The Labute approximate surface area is 73.4 Å². The van der Waals surface area contributed by atoms with E-state index in [2.05, 4.69) is 10.5 Å². The van der Waals surface area contributed by atoms with E-state index in [1.165, 1.54) is 0 Å². The van der Waals surface area contributed by atoms with Crippen LogP contribution in [0.25, 0.3) is 0 Å². The number of aromatic nitrogens is 1. The Balaban J connectivity index is 2.61. The van der Waals surface area contributed by atoms with Crippen molar-refractivity contribution < 1.29 is 4.57 Å². The van der Waals surface area contributed by atoms with Crippen LogP contribution in [0.15, 0.2) is 42.2 Å². The van der Waals surface area contributed by atoms with Crippen molar-refractivity contribution >= 4 is 0 Å². The number of allylic oxidation sites excluding steroid dienone is 2. The van der Waals surface area contributed by atoms with Crippen LogP contribution in [0.5, 0.6) is 0 Å². The SMILES string of the molecule is C#C/C(C)=C\C[n+]1ccccc1. The van der Waals surface area contributed by atoms with E-state index in [0.717, 1.165) is 12.1 Å². The van der Waals surface area contributed by atoms with Crippen molar-refractivity contribution in [1.29, 1.82) is 0 Å². The molecule has 0 aliphatic heterocycles. The zero-order chi connectivity index (χ0) is 8.81. The summed E-state index contributed by atoms with van der Waals surface area (Å²) in [5, 5.41) is 0. The molecule has 0 atom stereocenters. The summed E-state index contributed by atoms with van der Waals surface area (Å²) >= 11 is 0. The van der Waals surface area contributed by atoms with Gasteiger partial charge in [-0.2, -0.15) is 0 Å². The number of rotatable bonds is 2. The predicted octanol–water partition coefficient (Wildman–Crippen LogP) is 1.55. The molecule has 1 heterocycles. The first-order valence-corrected chi connectivity index (χ1v) is 3.90. The molecule has 1 nitrogen and oxygen atoms in total. The minimum Gasteiger partial charge on any atom is -0.201 e. The van der Waals surface area contributed by atoms with Gasteiger partial charge < -0.3 is 0 Å². The molecule has 1 aromatic heterocycles. The Hall–Kier alpha value is -1.55. The molecule has 0 aliphatic carbocycles. The van der Waals surface area contributed by atoms with Gasteiger partial charge in [-0.05, 0) is 13.0 Å². The number of nitrogens with zero attached hydrogens (tertiary/aromatic N) is 1. The van der Waals surface area contributed by atoms with Crippen molar-refractivity contribution in [3.8, 4) is 12.3 Å². The first kappa shape index (κ1) is 8.55. The van der Waals surface area contributed by atoms with Gasteiger partial charge in [0.2, 0.25) is 0 Å². The van der Waals surface area contributed by atoms with E-state index in [9.17, 15) is 0 Å². The van der Waals surface area contributed by atoms with E-state index in [1.54, 1.807) is 0 Å². The van der Waals surface area contributed by atoms with E-state index in [-0.39, 0.29) is 0 Å². The van der Waals surface area contributed by atoms with Crippen LogP contribution >= 0.6 is 0 Å². The smallest absolute Gasteiger partial charge is 0.169 e. The van der Waals surface area contributed by atoms with Crippen LogP contribution in [-0.4, -0.2) is 0 Å². The molecule has 1 rings (SSSR count). The molecule has 0 amide bonds. The van der Waals surface area contributed by atoms with E-state index in [1.807, 2.05) is 43.6 Å². The van der Waals surface area contributed by atoms with Crippen LogP contribution in [0, 0.1) is 12.3 Å². The van der Waals surface area contributed by atoms with Crippen molar-refractivity contribution in [3.05, 3.63) is 42.2 Å². The average molecular weight is 158 g/mol. The van der Waals surface area contributed by atoms with Gasteiger partial charge in [0.05, 0.1) is 0 Å². The maximum Gasteiger partial charge on any atom is 0.169 e. The zero-order valence-corrected chi connectivity index (χ0v) is 7.20. The molecule has 0 saturated carbocycles. The number of hydrogen-bond acceptors (Lipinski definition) is 0. The Morgan fingerprint density at radius 3 is 2.67 bits per heavy atom. The second-order valence-electron chi connectivity index (χ2n) is 2.60. The van der Waals surface area contributed by atoms with Gasteiger partial charge in [0, 0.05) is 17.7 Å². The summed E-state index contributed by atoms with van der Waals surface area (Å²) < 4.78 is 2.07. The fraction of sp³-hybridized carbons (Fsp3) is 0.182. The number of hydrogen-bond donors (Lipinski definition) is 0. The first-order valence-electron chi connectivity index (χ1n) is 3.90. The lowest BCUT2D eigenvalue weighted by Gasteiger charge is -1.89. The lowest BCUT2D eigenvalue weighted by atomic mass is 10.3. The Bertz CT molecular complexity index is 304. The van der Waals surface area contributed by atoms with E-state index in [4.69, 9.17) is 6.42 Å². The molecule has 0 fully saturated rings. The highest BCUT2D eigenvalue weighted by atomic mass is 14.9. The van der Waals surface area contributed by atoms with Crippen molar-refractivity contribution in [2.75, 3.05) is 0 Å². The van der Waals surface area contributed by atoms with Crippen molar-refractivity contribution in [3.63, 3.8) is 0 Å². The third-order valence-corrected chi connectivity index (χ3v) is 1.61. The number of terminal acetylenes is 1. The summed E-state index contributed by atoms with van der Waals surface area (Å²) in [4.78, 5) is 0. The van der Waals surface area contributed by atoms with Gasteiger partial charge >= 0.3 is 0 Å². The molecule has 0 radical (unpaired) electrons. The maximum absolute atomic E-state index is 5.21. The molecular weight excluding hydrogens is 146 g/mol. The summed E-state index contributed by atoms with van der Waals surface area (Å²) in [6.07, 6.45) is 11.3. The molecule has 1 heteroatoms. The first-order chi connectivity index (χ1) is 5.83. The van der Waals surface area contributed by atoms with Crippen molar-refractivity contribution in [1.82, 2.24) is 0 Å². The lowest BCUT2D eigenvalue weighted by Crippen LogP contribution is -2.31. The molecule has 0 N–H and O–H groups in total. The van der Waals surface area contributed by atoms with Gasteiger partial charge in [-0.25, -0.2) is 4.57 Å². The van der Waals surface area contributed by atoms with Crippen LogP contribution in [0.3, 0.4) is 0 Å². The van der Waals surface area contributed by atoms with Crippen molar-refractivity contribution in [2.24, 2.45) is 0 Å².